The molecule has 33 heavy (non-hydrogen) atoms. The van der Waals surface area contributed by atoms with Gasteiger partial charge in [-0.3, -0.25) is 19.7 Å². The number of carbonyl (C=O) groups excluding carboxylic acids is 2. The van der Waals surface area contributed by atoms with Crippen molar-refractivity contribution in [3.05, 3.63) is 106 Å². The molecule has 0 saturated carbocycles. The summed E-state index contributed by atoms with van der Waals surface area (Å²) in [5, 5.41) is 17.5. The number of hydrazone groups is 1. The molecule has 168 valence electrons. The highest BCUT2D eigenvalue weighted by molar-refractivity contribution is 5.95. The minimum atomic E-state index is -0.571. The lowest BCUT2D eigenvalue weighted by atomic mass is 10.1. The molecule has 2 N–H and O–H groups in total. The summed E-state index contributed by atoms with van der Waals surface area (Å²) in [6.45, 7) is 0.436. The van der Waals surface area contributed by atoms with E-state index in [0.717, 1.165) is 12.0 Å². The van der Waals surface area contributed by atoms with Gasteiger partial charge >= 0.3 is 0 Å². The van der Waals surface area contributed by atoms with Crippen LogP contribution < -0.4 is 15.5 Å². The zero-order valence-electron chi connectivity index (χ0n) is 17.6. The summed E-state index contributed by atoms with van der Waals surface area (Å²) in [4.78, 5) is 34.2. The Morgan fingerprint density at radius 1 is 1.00 bits per heavy atom. The van der Waals surface area contributed by atoms with Gasteiger partial charge in [0.15, 0.2) is 6.61 Å². The number of hydrogen-bond acceptors (Lipinski definition) is 6. The largest absolute Gasteiger partial charge is 0.484 e. The van der Waals surface area contributed by atoms with Crippen LogP contribution in [0.5, 0.6) is 5.75 Å². The van der Waals surface area contributed by atoms with Gasteiger partial charge in [-0.05, 0) is 47.9 Å². The number of amides is 2. The van der Waals surface area contributed by atoms with Gasteiger partial charge in [-0.25, -0.2) is 5.43 Å². The Morgan fingerprint density at radius 3 is 2.48 bits per heavy atom. The zero-order chi connectivity index (χ0) is 23.5. The van der Waals surface area contributed by atoms with Crippen LogP contribution in [0.4, 0.5) is 5.69 Å². The topological polar surface area (TPSA) is 123 Å². The lowest BCUT2D eigenvalue weighted by molar-refractivity contribution is -0.384. The first-order chi connectivity index (χ1) is 16.0. The lowest BCUT2D eigenvalue weighted by Gasteiger charge is -2.08. The number of nitro groups is 1. The van der Waals surface area contributed by atoms with Crippen LogP contribution >= 0.6 is 0 Å². The monoisotopic (exact) mass is 446 g/mol. The van der Waals surface area contributed by atoms with Gasteiger partial charge in [-0.15, -0.1) is 0 Å². The molecule has 0 aromatic heterocycles. The fourth-order valence-corrected chi connectivity index (χ4v) is 2.83. The summed E-state index contributed by atoms with van der Waals surface area (Å²) in [5.74, 6) is -0.250. The Bertz CT molecular complexity index is 1130. The van der Waals surface area contributed by atoms with Crippen molar-refractivity contribution in [2.75, 3.05) is 13.2 Å². The molecule has 0 aliphatic carbocycles. The van der Waals surface area contributed by atoms with Gasteiger partial charge in [0, 0.05) is 24.2 Å². The van der Waals surface area contributed by atoms with Crippen LogP contribution in [0, 0.1) is 10.1 Å². The van der Waals surface area contributed by atoms with Crippen LogP contribution in [0.15, 0.2) is 84.0 Å². The van der Waals surface area contributed by atoms with Crippen LogP contribution in [0.2, 0.25) is 0 Å². The van der Waals surface area contributed by atoms with Crippen molar-refractivity contribution in [3.8, 4) is 5.75 Å². The van der Waals surface area contributed by atoms with Crippen LogP contribution in [0.25, 0.3) is 0 Å². The van der Waals surface area contributed by atoms with E-state index in [2.05, 4.69) is 15.8 Å². The van der Waals surface area contributed by atoms with E-state index in [1.165, 1.54) is 30.5 Å². The zero-order valence-corrected chi connectivity index (χ0v) is 17.6. The maximum Gasteiger partial charge on any atom is 0.271 e. The number of nitrogens with one attached hydrogen (secondary N) is 2. The van der Waals surface area contributed by atoms with Gasteiger partial charge in [0.1, 0.15) is 5.75 Å². The van der Waals surface area contributed by atoms with Crippen molar-refractivity contribution in [2.45, 2.75) is 6.42 Å². The number of benzene rings is 3. The Labute approximate surface area is 190 Å². The van der Waals surface area contributed by atoms with Gasteiger partial charge < -0.3 is 10.1 Å². The van der Waals surface area contributed by atoms with E-state index >= 15 is 0 Å². The highest BCUT2D eigenvalue weighted by atomic mass is 16.6. The highest BCUT2D eigenvalue weighted by Crippen LogP contribution is 2.13. The van der Waals surface area contributed by atoms with Crippen molar-refractivity contribution in [1.82, 2.24) is 10.7 Å². The molecule has 3 rings (SSSR count). The van der Waals surface area contributed by atoms with Gasteiger partial charge in [-0.1, -0.05) is 36.4 Å². The Balaban J connectivity index is 1.41. The van der Waals surface area contributed by atoms with Crippen molar-refractivity contribution >= 4 is 23.7 Å². The third-order valence-corrected chi connectivity index (χ3v) is 4.53. The molecule has 0 bridgehead atoms. The molecule has 0 radical (unpaired) electrons. The summed E-state index contributed by atoms with van der Waals surface area (Å²) in [5.41, 5.74) is 4.12. The van der Waals surface area contributed by atoms with E-state index in [1.807, 2.05) is 30.3 Å². The van der Waals surface area contributed by atoms with Crippen LogP contribution in [0.1, 0.15) is 21.5 Å². The molecule has 9 nitrogen and oxygen atoms in total. The molecule has 0 aliphatic heterocycles. The highest BCUT2D eigenvalue weighted by Gasteiger charge is 2.10. The normalized spacial score (nSPS) is 10.5. The standard InChI is InChI=1S/C24H22N4O5/c29-23(25-14-13-18-5-2-1-3-6-18)17-33-22-11-9-19(10-12-22)16-26-27-24(30)20-7-4-8-21(15-20)28(31)32/h1-12,15-16H,13-14,17H2,(H,25,29)(H,27,30)/b26-16-. The van der Waals surface area contributed by atoms with Crippen molar-refractivity contribution in [3.63, 3.8) is 0 Å². The van der Waals surface area contributed by atoms with Gasteiger partial charge in [0.2, 0.25) is 0 Å². The Kier molecular flexibility index (Phi) is 8.24. The van der Waals surface area contributed by atoms with E-state index in [4.69, 9.17) is 4.74 Å². The third kappa shape index (κ3) is 7.59. The van der Waals surface area contributed by atoms with Crippen molar-refractivity contribution < 1.29 is 19.2 Å². The molecule has 0 spiro atoms. The predicted molar refractivity (Wildman–Crippen MR) is 123 cm³/mol. The van der Waals surface area contributed by atoms with Crippen molar-refractivity contribution in [1.29, 1.82) is 0 Å². The number of rotatable bonds is 10. The van der Waals surface area contributed by atoms with Crippen LogP contribution in [0.3, 0.4) is 0 Å². The molecule has 0 aliphatic rings. The molecule has 3 aromatic carbocycles. The minimum absolute atomic E-state index is 0.0957. The molecule has 0 saturated heterocycles. The SMILES string of the molecule is O=C(COc1ccc(/C=N\NC(=O)c2cccc([N+](=O)[O-])c2)cc1)NCCc1ccccc1. The molecule has 0 atom stereocenters. The Hall–Kier alpha value is -4.53. The minimum Gasteiger partial charge on any atom is -0.484 e. The first-order valence-electron chi connectivity index (χ1n) is 10.1. The van der Waals surface area contributed by atoms with E-state index in [1.54, 1.807) is 24.3 Å². The summed E-state index contributed by atoms with van der Waals surface area (Å²) < 4.78 is 5.48. The van der Waals surface area contributed by atoms with Gasteiger partial charge in [0.05, 0.1) is 11.1 Å². The second-order valence-corrected chi connectivity index (χ2v) is 6.95. The average molecular weight is 446 g/mol. The smallest absolute Gasteiger partial charge is 0.271 e. The first-order valence-corrected chi connectivity index (χ1v) is 10.1. The van der Waals surface area contributed by atoms with Gasteiger partial charge in [0.25, 0.3) is 17.5 Å². The van der Waals surface area contributed by atoms with E-state index < -0.39 is 10.8 Å². The molecule has 2 amide bonds. The number of non-ortho nitro benzene ring substituents is 1. The van der Waals surface area contributed by atoms with E-state index in [-0.39, 0.29) is 23.8 Å². The molecule has 3 aromatic rings. The number of carbonyl (C=O) groups is 2. The summed E-state index contributed by atoms with van der Waals surface area (Å²) in [7, 11) is 0. The number of nitrogens with zero attached hydrogens (tertiary/aromatic N) is 2. The molecular formula is C24H22N4O5. The van der Waals surface area contributed by atoms with E-state index in [9.17, 15) is 19.7 Å². The molecule has 0 fully saturated rings. The maximum atomic E-state index is 12.1. The second-order valence-electron chi connectivity index (χ2n) is 6.95. The van der Waals surface area contributed by atoms with Crippen molar-refractivity contribution in [2.24, 2.45) is 5.10 Å². The molecule has 0 heterocycles. The third-order valence-electron chi connectivity index (χ3n) is 4.53. The fraction of sp³-hybridized carbons (Fsp3) is 0.125. The number of hydrogen-bond donors (Lipinski definition) is 2. The summed E-state index contributed by atoms with van der Waals surface area (Å²) >= 11 is 0. The second kappa shape index (κ2) is 11.8. The molecule has 9 heteroatoms. The number of nitro benzene ring substituents is 1. The van der Waals surface area contributed by atoms with E-state index in [0.29, 0.717) is 17.9 Å². The first kappa shape index (κ1) is 23.1. The average Bonchev–Trinajstić information content (AvgIpc) is 2.84. The number of ether oxygens (including phenoxy) is 1. The lowest BCUT2D eigenvalue weighted by Crippen LogP contribution is -2.30. The Morgan fingerprint density at radius 2 is 1.76 bits per heavy atom. The van der Waals surface area contributed by atoms with Gasteiger partial charge in [-0.2, -0.15) is 5.10 Å². The summed E-state index contributed by atoms with van der Waals surface area (Å²) in [6.07, 6.45) is 2.17. The predicted octanol–water partition coefficient (Wildman–Crippen LogP) is 3.10. The maximum absolute atomic E-state index is 12.1. The quantitative estimate of drug-likeness (QED) is 0.281. The molecule has 0 unspecified atom stereocenters. The molecular weight excluding hydrogens is 424 g/mol. The fourth-order valence-electron chi connectivity index (χ4n) is 2.83. The summed E-state index contributed by atoms with van der Waals surface area (Å²) in [6, 6.07) is 22.0. The van der Waals surface area contributed by atoms with Crippen LogP contribution in [-0.4, -0.2) is 36.1 Å². The van der Waals surface area contributed by atoms with Crippen LogP contribution in [-0.2, 0) is 11.2 Å².